The maximum Gasteiger partial charge on any atom is 0.469 e. The zero-order valence-electron chi connectivity index (χ0n) is 21.3. The van der Waals surface area contributed by atoms with E-state index in [1.165, 1.54) is 25.2 Å². The molecular formula is C25H28F2N3O9P. The van der Waals surface area contributed by atoms with Crippen LogP contribution in [0.2, 0.25) is 0 Å². The molecule has 12 nitrogen and oxygen atoms in total. The van der Waals surface area contributed by atoms with Crippen LogP contribution in [-0.2, 0) is 25.0 Å². The van der Waals surface area contributed by atoms with Crippen LogP contribution in [0.3, 0.4) is 0 Å². The fourth-order valence-corrected chi connectivity index (χ4v) is 4.02. The van der Waals surface area contributed by atoms with Crippen LogP contribution < -0.4 is 5.32 Å². The van der Waals surface area contributed by atoms with Crippen molar-refractivity contribution < 1.29 is 51.6 Å². The average molecular weight is 583 g/mol. The SMILES string of the molecule is CN(C(=O)CCc1cccc(F)c1F)[C@H](COC(=O)Nc1cc(-c2ccccc2)on1)C[C@@H](O)COP(=O)(O)O. The molecule has 0 spiro atoms. The number of likely N-dealkylation sites (N-methyl/N-ethyl adjacent to an activating group) is 1. The Balaban J connectivity index is 1.62. The molecule has 0 aliphatic rings. The number of benzene rings is 2. The third kappa shape index (κ3) is 9.50. The highest BCUT2D eigenvalue weighted by Gasteiger charge is 2.27. The number of phosphoric ester groups is 1. The van der Waals surface area contributed by atoms with Crippen LogP contribution in [0.5, 0.6) is 0 Å². The van der Waals surface area contributed by atoms with Gasteiger partial charge in [-0.1, -0.05) is 47.6 Å². The van der Waals surface area contributed by atoms with E-state index in [1.807, 2.05) is 6.07 Å². The minimum atomic E-state index is -4.87. The molecule has 3 rings (SSSR count). The lowest BCUT2D eigenvalue weighted by atomic mass is 10.1. The van der Waals surface area contributed by atoms with Crippen LogP contribution in [0.15, 0.2) is 59.1 Å². The highest BCUT2D eigenvalue weighted by atomic mass is 31.2. The van der Waals surface area contributed by atoms with Crippen LogP contribution in [0.1, 0.15) is 18.4 Å². The van der Waals surface area contributed by atoms with Crippen LogP contribution in [0.25, 0.3) is 11.3 Å². The van der Waals surface area contributed by atoms with Crippen molar-refractivity contribution in [1.82, 2.24) is 10.1 Å². The van der Waals surface area contributed by atoms with Crippen molar-refractivity contribution in [3.8, 4) is 11.3 Å². The highest BCUT2D eigenvalue weighted by Crippen LogP contribution is 2.36. The number of carbonyl (C=O) groups excluding carboxylic acids is 2. The fraction of sp³-hybridized carbons (Fsp3) is 0.320. The number of nitrogens with zero attached hydrogens (tertiary/aromatic N) is 2. The smallest absolute Gasteiger partial charge is 0.447 e. The summed E-state index contributed by atoms with van der Waals surface area (Å²) >= 11 is 0. The third-order valence-electron chi connectivity index (χ3n) is 5.77. The molecule has 40 heavy (non-hydrogen) atoms. The zero-order chi connectivity index (χ0) is 29.3. The summed E-state index contributed by atoms with van der Waals surface area (Å²) in [5.74, 6) is -2.22. The Morgan fingerprint density at radius 3 is 2.55 bits per heavy atom. The average Bonchev–Trinajstić information content (AvgIpc) is 3.38. The van der Waals surface area contributed by atoms with Gasteiger partial charge in [-0.15, -0.1) is 0 Å². The summed E-state index contributed by atoms with van der Waals surface area (Å²) in [6, 6.07) is 13.1. The standard InChI is InChI=1S/C25H28F2N3O9P/c1-30(23(32)11-10-17-8-5-9-20(26)24(17)27)18(12-19(31)15-38-40(34,35)36)14-37-25(33)28-22-13-21(39-29-22)16-6-3-2-4-7-16/h2-9,13,18-19,31H,10-12,14-15H2,1H3,(H,28,29,33)(H2,34,35,36)/t18-,19+/m0/s1. The molecule has 0 aliphatic heterocycles. The minimum Gasteiger partial charge on any atom is -0.447 e. The predicted octanol–water partition coefficient (Wildman–Crippen LogP) is 3.49. The maximum atomic E-state index is 14.0. The van der Waals surface area contributed by atoms with Gasteiger partial charge in [0.15, 0.2) is 23.2 Å². The number of aliphatic hydroxyl groups is 1. The van der Waals surface area contributed by atoms with E-state index in [1.54, 1.807) is 24.3 Å². The van der Waals surface area contributed by atoms with E-state index in [-0.39, 0.29) is 30.6 Å². The first kappa shape index (κ1) is 30.9. The van der Waals surface area contributed by atoms with Gasteiger partial charge in [0.05, 0.1) is 18.8 Å². The first-order chi connectivity index (χ1) is 18.9. The number of phosphoric acid groups is 1. The van der Waals surface area contributed by atoms with E-state index < -0.39 is 56.8 Å². The van der Waals surface area contributed by atoms with E-state index >= 15 is 0 Å². The molecule has 0 aliphatic carbocycles. The number of amides is 2. The maximum absolute atomic E-state index is 14.0. The van der Waals surface area contributed by atoms with Crippen molar-refractivity contribution in [1.29, 1.82) is 0 Å². The Labute approximate surface area is 227 Å². The number of hydrogen-bond donors (Lipinski definition) is 4. The molecule has 0 unspecified atom stereocenters. The van der Waals surface area contributed by atoms with Gasteiger partial charge in [-0.05, 0) is 24.5 Å². The number of ether oxygens (including phenoxy) is 1. The number of anilines is 1. The lowest BCUT2D eigenvalue weighted by Crippen LogP contribution is -2.43. The second-order valence-corrected chi connectivity index (χ2v) is 9.95. The first-order valence-electron chi connectivity index (χ1n) is 12.0. The van der Waals surface area contributed by atoms with Crippen molar-refractivity contribution >= 4 is 25.6 Å². The van der Waals surface area contributed by atoms with Crippen molar-refractivity contribution in [2.75, 3.05) is 25.6 Å². The Hall–Kier alpha value is -3.68. The van der Waals surface area contributed by atoms with E-state index in [0.29, 0.717) is 5.76 Å². The monoisotopic (exact) mass is 583 g/mol. The highest BCUT2D eigenvalue weighted by molar-refractivity contribution is 7.46. The molecule has 0 radical (unpaired) electrons. The summed E-state index contributed by atoms with van der Waals surface area (Å²) in [7, 11) is -3.52. The van der Waals surface area contributed by atoms with Gasteiger partial charge in [0.2, 0.25) is 5.91 Å². The molecule has 0 saturated carbocycles. The number of hydrogen-bond acceptors (Lipinski definition) is 8. The quantitative estimate of drug-likeness (QED) is 0.218. The van der Waals surface area contributed by atoms with Crippen LogP contribution >= 0.6 is 7.82 Å². The Kier molecular flexibility index (Phi) is 10.9. The minimum absolute atomic E-state index is 0.00788. The molecule has 4 N–H and O–H groups in total. The van der Waals surface area contributed by atoms with Gasteiger partial charge in [-0.25, -0.2) is 18.1 Å². The number of aliphatic hydroxyl groups excluding tert-OH is 1. The summed E-state index contributed by atoms with van der Waals surface area (Å²) < 4.78 is 53.1. The van der Waals surface area contributed by atoms with E-state index in [9.17, 15) is 28.0 Å². The molecule has 2 aromatic carbocycles. The molecule has 0 bridgehead atoms. The molecule has 216 valence electrons. The van der Waals surface area contributed by atoms with Crippen molar-refractivity contribution in [2.24, 2.45) is 0 Å². The fourth-order valence-electron chi connectivity index (χ4n) is 3.65. The summed E-state index contributed by atoms with van der Waals surface area (Å²) in [5, 5.41) is 16.3. The lowest BCUT2D eigenvalue weighted by Gasteiger charge is -2.29. The molecule has 2 atom stereocenters. The number of nitrogens with one attached hydrogen (secondary N) is 1. The van der Waals surface area contributed by atoms with Crippen LogP contribution in [0.4, 0.5) is 19.4 Å². The summed E-state index contributed by atoms with van der Waals surface area (Å²) in [5.41, 5.74) is 0.716. The van der Waals surface area contributed by atoms with Crippen LogP contribution in [0, 0.1) is 11.6 Å². The normalized spacial score (nSPS) is 12.9. The second kappa shape index (κ2) is 14.1. The van der Waals surface area contributed by atoms with Gasteiger partial charge in [-0.3, -0.25) is 14.6 Å². The Morgan fingerprint density at radius 2 is 1.85 bits per heavy atom. The van der Waals surface area contributed by atoms with Crippen molar-refractivity contribution in [2.45, 2.75) is 31.4 Å². The number of halogens is 2. The predicted molar refractivity (Wildman–Crippen MR) is 137 cm³/mol. The molecule has 2 amide bonds. The van der Waals surface area contributed by atoms with Gasteiger partial charge in [0.1, 0.15) is 6.61 Å². The largest absolute Gasteiger partial charge is 0.469 e. The summed E-state index contributed by atoms with van der Waals surface area (Å²) in [6.45, 7) is -1.20. The van der Waals surface area contributed by atoms with Crippen molar-refractivity contribution in [3.63, 3.8) is 0 Å². The van der Waals surface area contributed by atoms with Gasteiger partial charge in [-0.2, -0.15) is 0 Å². The Bertz CT molecular complexity index is 1340. The number of aromatic nitrogens is 1. The van der Waals surface area contributed by atoms with Gasteiger partial charge in [0.25, 0.3) is 0 Å². The van der Waals surface area contributed by atoms with Gasteiger partial charge in [0, 0.05) is 25.1 Å². The third-order valence-corrected chi connectivity index (χ3v) is 6.25. The lowest BCUT2D eigenvalue weighted by molar-refractivity contribution is -0.133. The number of rotatable bonds is 13. The second-order valence-electron chi connectivity index (χ2n) is 8.71. The number of carbonyl (C=O) groups is 2. The summed E-state index contributed by atoms with van der Waals surface area (Å²) in [4.78, 5) is 44.1. The molecule has 0 fully saturated rings. The Morgan fingerprint density at radius 1 is 1.12 bits per heavy atom. The molecule has 0 saturated heterocycles. The number of aryl methyl sites for hydroxylation is 1. The first-order valence-corrected chi connectivity index (χ1v) is 13.5. The van der Waals surface area contributed by atoms with Gasteiger partial charge >= 0.3 is 13.9 Å². The molecule has 1 aromatic heterocycles. The van der Waals surface area contributed by atoms with Crippen molar-refractivity contribution in [3.05, 3.63) is 71.8 Å². The topological polar surface area (TPSA) is 172 Å². The van der Waals surface area contributed by atoms with Gasteiger partial charge < -0.3 is 29.1 Å². The van der Waals surface area contributed by atoms with Crippen LogP contribution in [-0.4, -0.2) is 69.4 Å². The van der Waals surface area contributed by atoms with E-state index in [2.05, 4.69) is 15.0 Å². The molecule has 15 heteroatoms. The van der Waals surface area contributed by atoms with E-state index in [0.717, 1.165) is 16.5 Å². The van der Waals surface area contributed by atoms with E-state index in [4.69, 9.17) is 19.0 Å². The molecule has 1 heterocycles. The zero-order valence-corrected chi connectivity index (χ0v) is 22.2. The molecular weight excluding hydrogens is 555 g/mol. The molecule has 3 aromatic rings. The summed E-state index contributed by atoms with van der Waals surface area (Å²) in [6.07, 6.45) is -3.08.